The van der Waals surface area contributed by atoms with E-state index in [4.69, 9.17) is 4.74 Å². The Morgan fingerprint density at radius 3 is 2.38 bits per heavy atom. The van der Waals surface area contributed by atoms with E-state index in [0.29, 0.717) is 21.3 Å². The van der Waals surface area contributed by atoms with Gasteiger partial charge in [0.15, 0.2) is 0 Å². The second kappa shape index (κ2) is 10.5. The van der Waals surface area contributed by atoms with Crippen LogP contribution in [0.25, 0.3) is 0 Å². The zero-order valence-corrected chi connectivity index (χ0v) is 19.0. The standard InChI is InChI=1S/C24H20BrN3O4/c1-15-11-12-18(13-16(15)2)27-22(29)23(30)28-26-14-17-7-3-6-10-21(17)32-24(31)19-8-4-5-9-20(19)25/h3-14H,1-2H3,(H,27,29)(H,28,30)/b26-14+. The van der Waals surface area contributed by atoms with Gasteiger partial charge in [-0.1, -0.05) is 30.3 Å². The van der Waals surface area contributed by atoms with Gasteiger partial charge in [-0.05, 0) is 77.3 Å². The molecule has 0 atom stereocenters. The number of nitrogens with one attached hydrogen (secondary N) is 2. The molecule has 2 N–H and O–H groups in total. The molecule has 0 radical (unpaired) electrons. The number of hydrogen-bond acceptors (Lipinski definition) is 5. The summed E-state index contributed by atoms with van der Waals surface area (Å²) in [6, 6.07) is 18.9. The predicted octanol–water partition coefficient (Wildman–Crippen LogP) is 4.37. The molecule has 0 fully saturated rings. The normalized spacial score (nSPS) is 10.6. The predicted molar refractivity (Wildman–Crippen MR) is 126 cm³/mol. The van der Waals surface area contributed by atoms with Crippen molar-refractivity contribution in [2.24, 2.45) is 5.10 Å². The van der Waals surface area contributed by atoms with Crippen LogP contribution in [-0.2, 0) is 9.59 Å². The van der Waals surface area contributed by atoms with Gasteiger partial charge < -0.3 is 10.1 Å². The van der Waals surface area contributed by atoms with Gasteiger partial charge in [0, 0.05) is 15.7 Å². The molecule has 0 aromatic heterocycles. The van der Waals surface area contributed by atoms with Gasteiger partial charge in [0.25, 0.3) is 0 Å². The monoisotopic (exact) mass is 493 g/mol. The Balaban J connectivity index is 1.63. The van der Waals surface area contributed by atoms with Crippen LogP contribution in [0.4, 0.5) is 5.69 Å². The van der Waals surface area contributed by atoms with Crippen LogP contribution in [0.1, 0.15) is 27.0 Å². The second-order valence-electron chi connectivity index (χ2n) is 6.86. The van der Waals surface area contributed by atoms with Crippen LogP contribution < -0.4 is 15.5 Å². The quantitative estimate of drug-likeness (QED) is 0.181. The zero-order valence-electron chi connectivity index (χ0n) is 17.4. The number of carbonyl (C=O) groups excluding carboxylic acids is 3. The minimum absolute atomic E-state index is 0.255. The molecule has 0 saturated heterocycles. The summed E-state index contributed by atoms with van der Waals surface area (Å²) in [6.45, 7) is 3.87. The van der Waals surface area contributed by atoms with Crippen molar-refractivity contribution in [1.29, 1.82) is 0 Å². The number of anilines is 1. The van der Waals surface area contributed by atoms with Crippen LogP contribution >= 0.6 is 15.9 Å². The average Bonchev–Trinajstić information content (AvgIpc) is 2.77. The van der Waals surface area contributed by atoms with Gasteiger partial charge >= 0.3 is 17.8 Å². The number of benzene rings is 3. The van der Waals surface area contributed by atoms with Crippen molar-refractivity contribution in [3.8, 4) is 5.75 Å². The van der Waals surface area contributed by atoms with Gasteiger partial charge in [-0.25, -0.2) is 10.2 Å². The van der Waals surface area contributed by atoms with E-state index in [9.17, 15) is 14.4 Å². The molecule has 0 bridgehead atoms. The first kappa shape index (κ1) is 22.9. The first-order valence-corrected chi connectivity index (χ1v) is 10.4. The summed E-state index contributed by atoms with van der Waals surface area (Å²) in [5.74, 6) is -2.07. The molecule has 7 nitrogen and oxygen atoms in total. The van der Waals surface area contributed by atoms with Crippen LogP contribution in [0.5, 0.6) is 5.75 Å². The summed E-state index contributed by atoms with van der Waals surface area (Å²) in [5, 5.41) is 6.33. The van der Waals surface area contributed by atoms with Gasteiger partial charge in [0.05, 0.1) is 11.8 Å². The molecule has 0 unspecified atom stereocenters. The van der Waals surface area contributed by atoms with Crippen molar-refractivity contribution in [2.45, 2.75) is 13.8 Å². The Morgan fingerprint density at radius 2 is 1.62 bits per heavy atom. The lowest BCUT2D eigenvalue weighted by atomic mass is 10.1. The Morgan fingerprint density at radius 1 is 0.906 bits per heavy atom. The molecule has 0 spiro atoms. The Labute approximate surface area is 193 Å². The van der Waals surface area contributed by atoms with E-state index < -0.39 is 17.8 Å². The minimum Gasteiger partial charge on any atom is -0.422 e. The maximum Gasteiger partial charge on any atom is 0.344 e. The molecular weight excluding hydrogens is 474 g/mol. The number of esters is 1. The Kier molecular flexibility index (Phi) is 7.51. The van der Waals surface area contributed by atoms with Gasteiger partial charge in [0.1, 0.15) is 5.75 Å². The number of ether oxygens (including phenoxy) is 1. The number of aryl methyl sites for hydroxylation is 2. The third-order valence-electron chi connectivity index (χ3n) is 4.56. The smallest absolute Gasteiger partial charge is 0.344 e. The van der Waals surface area contributed by atoms with E-state index in [-0.39, 0.29) is 5.75 Å². The number of rotatable bonds is 5. The number of hydrazone groups is 1. The van der Waals surface area contributed by atoms with Crippen LogP contribution in [-0.4, -0.2) is 24.0 Å². The van der Waals surface area contributed by atoms with Gasteiger partial charge in [-0.15, -0.1) is 0 Å². The summed E-state index contributed by atoms with van der Waals surface area (Å²) in [5.41, 5.74) is 5.58. The Hall–Kier alpha value is -3.78. The fraction of sp³-hybridized carbons (Fsp3) is 0.0833. The molecule has 0 heterocycles. The molecule has 0 aliphatic carbocycles. The highest BCUT2D eigenvalue weighted by Gasteiger charge is 2.15. The van der Waals surface area contributed by atoms with Crippen molar-refractivity contribution in [1.82, 2.24) is 5.43 Å². The van der Waals surface area contributed by atoms with Crippen LogP contribution in [0.3, 0.4) is 0 Å². The van der Waals surface area contributed by atoms with Crippen LogP contribution in [0.2, 0.25) is 0 Å². The number of hydrogen-bond donors (Lipinski definition) is 2. The molecule has 0 saturated carbocycles. The molecule has 3 aromatic rings. The van der Waals surface area contributed by atoms with Crippen molar-refractivity contribution < 1.29 is 19.1 Å². The summed E-state index contributed by atoms with van der Waals surface area (Å²) >= 11 is 3.32. The molecule has 0 aliphatic rings. The SMILES string of the molecule is Cc1ccc(NC(=O)C(=O)N/N=C/c2ccccc2OC(=O)c2ccccc2Br)cc1C. The van der Waals surface area contributed by atoms with E-state index in [1.807, 2.05) is 19.9 Å². The molecule has 32 heavy (non-hydrogen) atoms. The highest BCUT2D eigenvalue weighted by atomic mass is 79.9. The molecule has 8 heteroatoms. The lowest BCUT2D eigenvalue weighted by Gasteiger charge is -2.08. The number of halogens is 1. The number of amides is 2. The van der Waals surface area contributed by atoms with Crippen molar-refractivity contribution >= 4 is 45.6 Å². The minimum atomic E-state index is -0.929. The van der Waals surface area contributed by atoms with Crippen molar-refractivity contribution in [3.63, 3.8) is 0 Å². The maximum atomic E-state index is 12.5. The number of para-hydroxylation sites is 1. The van der Waals surface area contributed by atoms with E-state index in [1.165, 1.54) is 6.21 Å². The molecule has 3 rings (SSSR count). The zero-order chi connectivity index (χ0) is 23.1. The van der Waals surface area contributed by atoms with Gasteiger partial charge in [-0.3, -0.25) is 9.59 Å². The highest BCUT2D eigenvalue weighted by molar-refractivity contribution is 9.10. The van der Waals surface area contributed by atoms with Crippen molar-refractivity contribution in [3.05, 3.63) is 93.5 Å². The summed E-state index contributed by atoms with van der Waals surface area (Å²) in [4.78, 5) is 36.6. The number of nitrogens with zero attached hydrogens (tertiary/aromatic N) is 1. The molecule has 2 amide bonds. The van der Waals surface area contributed by atoms with E-state index in [1.54, 1.807) is 60.7 Å². The van der Waals surface area contributed by atoms with Crippen LogP contribution in [0.15, 0.2) is 76.3 Å². The summed E-state index contributed by atoms with van der Waals surface area (Å²) in [6.07, 6.45) is 1.30. The molecule has 3 aromatic carbocycles. The van der Waals surface area contributed by atoms with Crippen molar-refractivity contribution in [2.75, 3.05) is 5.32 Å². The van der Waals surface area contributed by atoms with E-state index >= 15 is 0 Å². The lowest BCUT2D eigenvalue weighted by molar-refractivity contribution is -0.136. The highest BCUT2D eigenvalue weighted by Crippen LogP contribution is 2.21. The Bertz CT molecular complexity index is 1210. The van der Waals surface area contributed by atoms with Gasteiger partial charge in [-0.2, -0.15) is 5.10 Å². The van der Waals surface area contributed by atoms with Crippen LogP contribution in [0, 0.1) is 13.8 Å². The largest absolute Gasteiger partial charge is 0.422 e. The van der Waals surface area contributed by atoms with E-state index in [0.717, 1.165) is 11.1 Å². The molecule has 162 valence electrons. The first-order valence-electron chi connectivity index (χ1n) is 9.62. The molecular formula is C24H20BrN3O4. The second-order valence-corrected chi connectivity index (χ2v) is 7.71. The third kappa shape index (κ3) is 5.89. The molecule has 0 aliphatic heterocycles. The lowest BCUT2D eigenvalue weighted by Crippen LogP contribution is -2.32. The number of carbonyl (C=O) groups is 3. The summed E-state index contributed by atoms with van der Waals surface area (Å²) < 4.78 is 6.07. The fourth-order valence-electron chi connectivity index (χ4n) is 2.68. The van der Waals surface area contributed by atoms with E-state index in [2.05, 4.69) is 31.8 Å². The first-order chi connectivity index (χ1) is 15.3. The van der Waals surface area contributed by atoms with Gasteiger partial charge in [0.2, 0.25) is 0 Å². The summed E-state index contributed by atoms with van der Waals surface area (Å²) in [7, 11) is 0. The average molecular weight is 494 g/mol. The topological polar surface area (TPSA) is 96.9 Å². The maximum absolute atomic E-state index is 12.5. The fourth-order valence-corrected chi connectivity index (χ4v) is 3.13. The third-order valence-corrected chi connectivity index (χ3v) is 5.25.